The van der Waals surface area contributed by atoms with Crippen LogP contribution in [-0.2, 0) is 14.3 Å². The summed E-state index contributed by atoms with van der Waals surface area (Å²) in [6.07, 6.45) is 2.80. The number of esters is 1. The Morgan fingerprint density at radius 1 is 1.47 bits per heavy atom. The molecule has 4 heteroatoms. The van der Waals surface area contributed by atoms with Crippen molar-refractivity contribution < 1.29 is 14.3 Å². The normalized spacial score (nSPS) is 24.7. The summed E-state index contributed by atoms with van der Waals surface area (Å²) < 4.78 is 10.7. The van der Waals surface area contributed by atoms with Gasteiger partial charge in [0.2, 0.25) is 0 Å². The molecule has 1 rings (SSSR count). The first kappa shape index (κ1) is 12.5. The van der Waals surface area contributed by atoms with E-state index in [-0.39, 0.29) is 12.1 Å². The summed E-state index contributed by atoms with van der Waals surface area (Å²) >= 11 is 0. The highest BCUT2D eigenvalue weighted by Crippen LogP contribution is 2.17. The van der Waals surface area contributed by atoms with Gasteiger partial charge >= 0.3 is 5.97 Å². The van der Waals surface area contributed by atoms with Crippen LogP contribution in [0.2, 0.25) is 0 Å². The van der Waals surface area contributed by atoms with Crippen molar-refractivity contribution in [1.29, 1.82) is 0 Å². The molecule has 0 bridgehead atoms. The van der Waals surface area contributed by atoms with Gasteiger partial charge in [0.1, 0.15) is 11.6 Å². The van der Waals surface area contributed by atoms with E-state index in [2.05, 4.69) is 0 Å². The fourth-order valence-electron chi connectivity index (χ4n) is 1.57. The van der Waals surface area contributed by atoms with E-state index in [1.165, 1.54) is 0 Å². The molecule has 0 amide bonds. The summed E-state index contributed by atoms with van der Waals surface area (Å²) in [7, 11) is 0. The quantitative estimate of drug-likeness (QED) is 0.704. The van der Waals surface area contributed by atoms with Crippen LogP contribution < -0.4 is 5.73 Å². The molecule has 2 N–H and O–H groups in total. The fourth-order valence-corrected chi connectivity index (χ4v) is 1.57. The van der Waals surface area contributed by atoms with Crippen LogP contribution in [0.1, 0.15) is 40.0 Å². The van der Waals surface area contributed by atoms with E-state index >= 15 is 0 Å². The van der Waals surface area contributed by atoms with Gasteiger partial charge in [0, 0.05) is 6.61 Å². The van der Waals surface area contributed by atoms with Crippen molar-refractivity contribution in [3.05, 3.63) is 0 Å². The van der Waals surface area contributed by atoms with E-state index in [1.54, 1.807) is 0 Å². The predicted molar refractivity (Wildman–Crippen MR) is 57.4 cm³/mol. The molecule has 1 aliphatic rings. The smallest absolute Gasteiger partial charge is 0.326 e. The van der Waals surface area contributed by atoms with Crippen LogP contribution in [0.4, 0.5) is 0 Å². The molecule has 2 unspecified atom stereocenters. The van der Waals surface area contributed by atoms with Crippen LogP contribution in [0.25, 0.3) is 0 Å². The van der Waals surface area contributed by atoms with E-state index in [0.717, 1.165) is 19.3 Å². The molecule has 0 aliphatic carbocycles. The van der Waals surface area contributed by atoms with Gasteiger partial charge in [0.25, 0.3) is 0 Å². The summed E-state index contributed by atoms with van der Waals surface area (Å²) in [6.45, 7) is 6.19. The van der Waals surface area contributed by atoms with Gasteiger partial charge in [0.05, 0.1) is 6.10 Å². The van der Waals surface area contributed by atoms with Crippen LogP contribution in [0, 0.1) is 0 Å². The lowest BCUT2D eigenvalue weighted by atomic mass is 10.0. The highest BCUT2D eigenvalue weighted by atomic mass is 16.6. The SMILES string of the molecule is CC(C)(C)OC(=O)C(N)C1CCCCO1. The van der Waals surface area contributed by atoms with Crippen molar-refractivity contribution in [1.82, 2.24) is 0 Å². The maximum absolute atomic E-state index is 11.6. The topological polar surface area (TPSA) is 61.5 Å². The van der Waals surface area contributed by atoms with Gasteiger partial charge < -0.3 is 15.2 Å². The molecule has 4 nitrogen and oxygen atoms in total. The summed E-state index contributed by atoms with van der Waals surface area (Å²) in [6, 6.07) is -0.649. The van der Waals surface area contributed by atoms with Gasteiger partial charge in [-0.05, 0) is 40.0 Å². The first-order chi connectivity index (χ1) is 6.90. The lowest BCUT2D eigenvalue weighted by Gasteiger charge is -2.29. The van der Waals surface area contributed by atoms with Crippen LogP contribution in [-0.4, -0.2) is 30.3 Å². The lowest BCUT2D eigenvalue weighted by Crippen LogP contribution is -2.47. The third kappa shape index (κ3) is 4.18. The van der Waals surface area contributed by atoms with Crippen molar-refractivity contribution in [2.75, 3.05) is 6.61 Å². The molecule has 0 aromatic carbocycles. The number of hydrogen-bond donors (Lipinski definition) is 1. The third-order valence-corrected chi connectivity index (χ3v) is 2.29. The van der Waals surface area contributed by atoms with Crippen LogP contribution >= 0.6 is 0 Å². The van der Waals surface area contributed by atoms with Gasteiger partial charge in [-0.2, -0.15) is 0 Å². The summed E-state index contributed by atoms with van der Waals surface area (Å²) in [5.74, 6) is -0.366. The minimum absolute atomic E-state index is 0.173. The number of carbonyl (C=O) groups is 1. The summed E-state index contributed by atoms with van der Waals surface area (Å²) in [5.41, 5.74) is 5.32. The van der Waals surface area contributed by atoms with Gasteiger partial charge in [-0.3, -0.25) is 4.79 Å². The van der Waals surface area contributed by atoms with E-state index in [4.69, 9.17) is 15.2 Å². The van der Waals surface area contributed by atoms with E-state index in [1.807, 2.05) is 20.8 Å². The van der Waals surface area contributed by atoms with Crippen molar-refractivity contribution >= 4 is 5.97 Å². The number of hydrogen-bond acceptors (Lipinski definition) is 4. The maximum atomic E-state index is 11.6. The van der Waals surface area contributed by atoms with Gasteiger partial charge in [-0.1, -0.05) is 0 Å². The highest BCUT2D eigenvalue weighted by molar-refractivity contribution is 5.76. The number of rotatable bonds is 2. The second kappa shape index (κ2) is 4.94. The van der Waals surface area contributed by atoms with Gasteiger partial charge in [-0.25, -0.2) is 0 Å². The van der Waals surface area contributed by atoms with E-state index in [9.17, 15) is 4.79 Å². The Morgan fingerprint density at radius 3 is 2.60 bits per heavy atom. The Balaban J connectivity index is 2.44. The second-order valence-electron chi connectivity index (χ2n) is 4.96. The predicted octanol–water partition coefficient (Wildman–Crippen LogP) is 1.22. The summed E-state index contributed by atoms with van der Waals surface area (Å²) in [4.78, 5) is 11.6. The van der Waals surface area contributed by atoms with E-state index in [0.29, 0.717) is 6.61 Å². The van der Waals surface area contributed by atoms with Crippen LogP contribution in [0.3, 0.4) is 0 Å². The van der Waals surface area contributed by atoms with Crippen LogP contribution in [0.15, 0.2) is 0 Å². The van der Waals surface area contributed by atoms with Crippen molar-refractivity contribution in [3.63, 3.8) is 0 Å². The molecule has 1 heterocycles. The molecular weight excluding hydrogens is 194 g/mol. The molecule has 0 saturated carbocycles. The average molecular weight is 215 g/mol. The molecule has 1 aliphatic heterocycles. The molecule has 1 saturated heterocycles. The van der Waals surface area contributed by atoms with Crippen LogP contribution in [0.5, 0.6) is 0 Å². The number of nitrogens with two attached hydrogens (primary N) is 1. The van der Waals surface area contributed by atoms with Crippen molar-refractivity contribution in [2.45, 2.75) is 57.8 Å². The molecule has 15 heavy (non-hydrogen) atoms. The van der Waals surface area contributed by atoms with Gasteiger partial charge in [-0.15, -0.1) is 0 Å². The molecule has 0 aromatic heterocycles. The third-order valence-electron chi connectivity index (χ3n) is 2.29. The lowest BCUT2D eigenvalue weighted by molar-refractivity contribution is -0.161. The average Bonchev–Trinajstić information content (AvgIpc) is 2.15. The Bertz CT molecular complexity index is 216. The summed E-state index contributed by atoms with van der Waals surface area (Å²) in [5, 5.41) is 0. The monoisotopic (exact) mass is 215 g/mol. The fraction of sp³-hybridized carbons (Fsp3) is 0.909. The zero-order chi connectivity index (χ0) is 11.5. The first-order valence-corrected chi connectivity index (χ1v) is 5.50. The highest BCUT2D eigenvalue weighted by Gasteiger charge is 2.30. The Morgan fingerprint density at radius 2 is 2.13 bits per heavy atom. The van der Waals surface area contributed by atoms with Gasteiger partial charge in [0.15, 0.2) is 0 Å². The number of carbonyl (C=O) groups excluding carboxylic acids is 1. The zero-order valence-electron chi connectivity index (χ0n) is 9.79. The molecule has 1 fully saturated rings. The maximum Gasteiger partial charge on any atom is 0.326 e. The zero-order valence-corrected chi connectivity index (χ0v) is 9.79. The molecule has 2 atom stereocenters. The number of ether oxygens (including phenoxy) is 2. The Labute approximate surface area is 91.1 Å². The standard InChI is InChI=1S/C11H21NO3/c1-11(2,3)15-10(13)9(12)8-6-4-5-7-14-8/h8-9H,4-7,12H2,1-3H3. The molecule has 0 radical (unpaired) electrons. The second-order valence-corrected chi connectivity index (χ2v) is 4.96. The molecule has 88 valence electrons. The minimum atomic E-state index is -0.649. The molecule has 0 aromatic rings. The largest absolute Gasteiger partial charge is 0.459 e. The van der Waals surface area contributed by atoms with Crippen molar-refractivity contribution in [2.24, 2.45) is 5.73 Å². The first-order valence-electron chi connectivity index (χ1n) is 5.50. The molecular formula is C11H21NO3. The van der Waals surface area contributed by atoms with Crippen molar-refractivity contribution in [3.8, 4) is 0 Å². The minimum Gasteiger partial charge on any atom is -0.459 e. The van der Waals surface area contributed by atoms with E-state index < -0.39 is 11.6 Å². The molecule has 0 spiro atoms. The Hall–Kier alpha value is -0.610. The Kier molecular flexibility index (Phi) is 4.11.